The molecule has 0 rings (SSSR count). The van der Waals surface area contributed by atoms with E-state index in [0.29, 0.717) is 6.54 Å². The number of carbonyl (C=O) groups is 1. The molecule has 0 fully saturated rings. The number of hydrogen-bond acceptors (Lipinski definition) is 3. The number of ether oxygens (including phenoxy) is 1. The molecule has 0 aliphatic rings. The van der Waals surface area contributed by atoms with Crippen molar-refractivity contribution in [2.45, 2.75) is 32.3 Å². The van der Waals surface area contributed by atoms with Gasteiger partial charge in [-0.25, -0.2) is 4.79 Å². The molecule has 3 nitrogen and oxygen atoms in total. The highest BCUT2D eigenvalue weighted by Crippen LogP contribution is 2.06. The van der Waals surface area contributed by atoms with Gasteiger partial charge in [-0.3, -0.25) is 0 Å². The molecule has 12 heavy (non-hydrogen) atoms. The van der Waals surface area contributed by atoms with Gasteiger partial charge < -0.3 is 10.5 Å². The zero-order valence-corrected chi connectivity index (χ0v) is 7.58. The van der Waals surface area contributed by atoms with Crippen LogP contribution in [0.4, 0.5) is 0 Å². The van der Waals surface area contributed by atoms with Crippen molar-refractivity contribution in [3.8, 4) is 0 Å². The molecule has 1 unspecified atom stereocenters. The molecule has 0 aromatic heterocycles. The molecule has 0 heterocycles. The van der Waals surface area contributed by atoms with Gasteiger partial charge in [0, 0.05) is 6.08 Å². The lowest BCUT2D eigenvalue weighted by atomic mass is 10.1. The van der Waals surface area contributed by atoms with E-state index in [2.05, 4.69) is 6.58 Å². The van der Waals surface area contributed by atoms with Gasteiger partial charge in [0.15, 0.2) is 0 Å². The Balaban J connectivity index is 3.66. The fourth-order valence-electron chi connectivity index (χ4n) is 0.904. The minimum absolute atomic E-state index is 0.000880. The third-order valence-electron chi connectivity index (χ3n) is 1.64. The second-order valence-corrected chi connectivity index (χ2v) is 2.60. The summed E-state index contributed by atoms with van der Waals surface area (Å²) in [6, 6.07) is 0. The van der Waals surface area contributed by atoms with Crippen LogP contribution >= 0.6 is 0 Å². The number of esters is 1. The Labute approximate surface area is 73.6 Å². The van der Waals surface area contributed by atoms with E-state index in [4.69, 9.17) is 10.5 Å². The van der Waals surface area contributed by atoms with E-state index in [-0.39, 0.29) is 12.1 Å². The van der Waals surface area contributed by atoms with Gasteiger partial charge in [0.25, 0.3) is 0 Å². The maximum Gasteiger partial charge on any atom is 0.330 e. The van der Waals surface area contributed by atoms with Gasteiger partial charge in [0.05, 0.1) is 0 Å². The summed E-state index contributed by atoms with van der Waals surface area (Å²) in [5, 5.41) is 0. The summed E-state index contributed by atoms with van der Waals surface area (Å²) in [6.45, 7) is 5.95. The predicted molar refractivity (Wildman–Crippen MR) is 48.7 cm³/mol. The Morgan fingerprint density at radius 3 is 2.83 bits per heavy atom. The summed E-state index contributed by atoms with van der Waals surface area (Å²) >= 11 is 0. The van der Waals surface area contributed by atoms with Crippen LogP contribution in [0.2, 0.25) is 0 Å². The number of nitrogens with two attached hydrogens (primary N) is 1. The van der Waals surface area contributed by atoms with Crippen LogP contribution in [0.5, 0.6) is 0 Å². The molecule has 0 aliphatic carbocycles. The Morgan fingerprint density at radius 1 is 1.75 bits per heavy atom. The molecule has 0 aromatic rings. The lowest BCUT2D eigenvalue weighted by molar-refractivity contribution is -0.143. The van der Waals surface area contributed by atoms with Crippen molar-refractivity contribution < 1.29 is 9.53 Å². The Kier molecular flexibility index (Phi) is 6.38. The van der Waals surface area contributed by atoms with Gasteiger partial charge in [-0.2, -0.15) is 0 Å². The largest absolute Gasteiger partial charge is 0.459 e. The molecule has 70 valence electrons. The summed E-state index contributed by atoms with van der Waals surface area (Å²) in [4.78, 5) is 10.8. The van der Waals surface area contributed by atoms with Crippen LogP contribution in [0.3, 0.4) is 0 Å². The van der Waals surface area contributed by atoms with E-state index < -0.39 is 0 Å². The smallest absolute Gasteiger partial charge is 0.330 e. The topological polar surface area (TPSA) is 52.3 Å². The fourth-order valence-corrected chi connectivity index (χ4v) is 0.904. The van der Waals surface area contributed by atoms with Crippen LogP contribution in [0, 0.1) is 0 Å². The summed E-state index contributed by atoms with van der Waals surface area (Å²) in [5.41, 5.74) is 5.33. The molecule has 3 heteroatoms. The molecule has 0 saturated heterocycles. The van der Waals surface area contributed by atoms with Gasteiger partial charge in [0.2, 0.25) is 0 Å². The molecular weight excluding hydrogens is 154 g/mol. The molecule has 2 N–H and O–H groups in total. The van der Waals surface area contributed by atoms with E-state index in [0.717, 1.165) is 19.3 Å². The third kappa shape index (κ3) is 4.91. The van der Waals surface area contributed by atoms with Gasteiger partial charge in [-0.1, -0.05) is 13.5 Å². The molecular formula is C9H17NO2. The molecule has 0 spiro atoms. The normalized spacial score (nSPS) is 12.2. The summed E-state index contributed by atoms with van der Waals surface area (Å²) in [5.74, 6) is -0.348. The zero-order chi connectivity index (χ0) is 9.40. The number of carbonyl (C=O) groups excluding carboxylic acids is 1. The Bertz CT molecular complexity index is 145. The summed E-state index contributed by atoms with van der Waals surface area (Å²) in [7, 11) is 0. The van der Waals surface area contributed by atoms with Crippen LogP contribution in [0.1, 0.15) is 26.2 Å². The fraction of sp³-hybridized carbons (Fsp3) is 0.667. The van der Waals surface area contributed by atoms with Crippen molar-refractivity contribution >= 4 is 5.97 Å². The average Bonchev–Trinajstić information content (AvgIpc) is 2.11. The van der Waals surface area contributed by atoms with E-state index in [1.54, 1.807) is 0 Å². The first-order valence-corrected chi connectivity index (χ1v) is 4.27. The van der Waals surface area contributed by atoms with E-state index in [1.807, 2.05) is 6.92 Å². The minimum Gasteiger partial charge on any atom is -0.459 e. The van der Waals surface area contributed by atoms with Crippen molar-refractivity contribution in [3.05, 3.63) is 12.7 Å². The standard InChI is InChI=1S/C9H17NO2/c1-3-8(6-5-7-10)12-9(11)4-2/h4,8H,2-3,5-7,10H2,1H3. The van der Waals surface area contributed by atoms with Gasteiger partial charge in [0.1, 0.15) is 6.10 Å². The lowest BCUT2D eigenvalue weighted by Gasteiger charge is -2.13. The first-order valence-electron chi connectivity index (χ1n) is 4.27. The maximum absolute atomic E-state index is 10.8. The molecule has 0 saturated carbocycles. The Hall–Kier alpha value is -0.830. The van der Waals surface area contributed by atoms with Crippen LogP contribution in [-0.4, -0.2) is 18.6 Å². The predicted octanol–water partition coefficient (Wildman–Crippen LogP) is 1.23. The van der Waals surface area contributed by atoms with Crippen molar-refractivity contribution in [1.82, 2.24) is 0 Å². The second kappa shape index (κ2) is 6.85. The van der Waals surface area contributed by atoms with Crippen LogP contribution < -0.4 is 5.73 Å². The monoisotopic (exact) mass is 171 g/mol. The second-order valence-electron chi connectivity index (χ2n) is 2.60. The number of hydrogen-bond donors (Lipinski definition) is 1. The van der Waals surface area contributed by atoms with Crippen LogP contribution in [0.15, 0.2) is 12.7 Å². The average molecular weight is 171 g/mol. The number of rotatable bonds is 6. The molecule has 0 aliphatic heterocycles. The van der Waals surface area contributed by atoms with Crippen LogP contribution in [-0.2, 0) is 9.53 Å². The quantitative estimate of drug-likeness (QED) is 0.483. The van der Waals surface area contributed by atoms with Crippen molar-refractivity contribution in [2.75, 3.05) is 6.54 Å². The minimum atomic E-state index is -0.348. The highest BCUT2D eigenvalue weighted by Gasteiger charge is 2.08. The zero-order valence-electron chi connectivity index (χ0n) is 7.58. The van der Waals surface area contributed by atoms with Gasteiger partial charge in [-0.15, -0.1) is 0 Å². The highest BCUT2D eigenvalue weighted by molar-refractivity contribution is 5.81. The van der Waals surface area contributed by atoms with Gasteiger partial charge >= 0.3 is 5.97 Å². The lowest BCUT2D eigenvalue weighted by Crippen LogP contribution is -2.17. The molecule has 0 radical (unpaired) electrons. The SMILES string of the molecule is C=CC(=O)OC(CC)CCCN. The summed E-state index contributed by atoms with van der Waals surface area (Å²) in [6.07, 6.45) is 3.75. The van der Waals surface area contributed by atoms with Crippen molar-refractivity contribution in [2.24, 2.45) is 5.73 Å². The third-order valence-corrected chi connectivity index (χ3v) is 1.64. The maximum atomic E-state index is 10.8. The van der Waals surface area contributed by atoms with E-state index in [9.17, 15) is 4.79 Å². The van der Waals surface area contributed by atoms with Crippen molar-refractivity contribution in [3.63, 3.8) is 0 Å². The first-order chi connectivity index (χ1) is 5.74. The van der Waals surface area contributed by atoms with Gasteiger partial charge in [-0.05, 0) is 25.8 Å². The van der Waals surface area contributed by atoms with Crippen molar-refractivity contribution in [1.29, 1.82) is 0 Å². The first kappa shape index (κ1) is 11.2. The molecule has 0 aromatic carbocycles. The van der Waals surface area contributed by atoms with E-state index >= 15 is 0 Å². The van der Waals surface area contributed by atoms with Crippen LogP contribution in [0.25, 0.3) is 0 Å². The summed E-state index contributed by atoms with van der Waals surface area (Å²) < 4.78 is 5.04. The molecule has 0 amide bonds. The molecule has 0 bridgehead atoms. The molecule has 1 atom stereocenters. The van der Waals surface area contributed by atoms with E-state index in [1.165, 1.54) is 6.08 Å². The highest BCUT2D eigenvalue weighted by atomic mass is 16.5. The Morgan fingerprint density at radius 2 is 2.42 bits per heavy atom.